The number of ether oxygens (including phenoxy) is 1. The van der Waals surface area contributed by atoms with Gasteiger partial charge in [0.2, 0.25) is 5.91 Å². The Morgan fingerprint density at radius 3 is 2.80 bits per heavy atom. The van der Waals surface area contributed by atoms with Gasteiger partial charge in [0, 0.05) is 18.0 Å². The van der Waals surface area contributed by atoms with Crippen molar-refractivity contribution in [3.63, 3.8) is 0 Å². The van der Waals surface area contributed by atoms with Crippen LogP contribution in [-0.4, -0.2) is 36.0 Å². The molecule has 1 aliphatic carbocycles. The van der Waals surface area contributed by atoms with Crippen LogP contribution in [0.1, 0.15) is 59.1 Å². The van der Waals surface area contributed by atoms with Gasteiger partial charge in [0.15, 0.2) is 0 Å². The maximum atomic E-state index is 13.1. The minimum Gasteiger partial charge on any atom is -0.462 e. The standard InChI is InChI=1S/C24H30N2O3S/c1-4-29-24(28)21-19-10-9-15(2)13-20(19)30-23(21)25-22(27)16(3)26-12-11-17-7-5-6-8-18(17)14-26/h5-8,15-16H,4,9-14H2,1-3H3,(H,25,27). The molecule has 2 aromatic rings. The largest absolute Gasteiger partial charge is 0.462 e. The SMILES string of the molecule is CCOC(=O)c1c(NC(=O)C(C)N2CCc3ccccc3C2)sc2c1CCC(C)C2. The summed E-state index contributed by atoms with van der Waals surface area (Å²) < 4.78 is 5.32. The molecule has 1 N–H and O–H groups in total. The van der Waals surface area contributed by atoms with Gasteiger partial charge in [-0.05, 0) is 62.1 Å². The summed E-state index contributed by atoms with van der Waals surface area (Å²) in [6, 6.07) is 8.16. The molecular weight excluding hydrogens is 396 g/mol. The zero-order valence-corrected chi connectivity index (χ0v) is 18.8. The predicted molar refractivity (Wildman–Crippen MR) is 120 cm³/mol. The van der Waals surface area contributed by atoms with Gasteiger partial charge in [0.1, 0.15) is 5.00 Å². The molecule has 2 aliphatic rings. The van der Waals surface area contributed by atoms with Gasteiger partial charge in [-0.15, -0.1) is 11.3 Å². The first kappa shape index (κ1) is 21.1. The van der Waals surface area contributed by atoms with Crippen LogP contribution in [0.4, 0.5) is 5.00 Å². The second kappa shape index (κ2) is 8.90. The highest BCUT2D eigenvalue weighted by molar-refractivity contribution is 7.17. The monoisotopic (exact) mass is 426 g/mol. The van der Waals surface area contributed by atoms with Crippen LogP contribution < -0.4 is 5.32 Å². The fourth-order valence-corrected chi connectivity index (χ4v) is 5.89. The summed E-state index contributed by atoms with van der Waals surface area (Å²) in [6.07, 6.45) is 3.84. The van der Waals surface area contributed by atoms with Crippen molar-refractivity contribution in [1.82, 2.24) is 4.90 Å². The number of nitrogens with zero attached hydrogens (tertiary/aromatic N) is 1. The maximum Gasteiger partial charge on any atom is 0.341 e. The van der Waals surface area contributed by atoms with Crippen molar-refractivity contribution < 1.29 is 14.3 Å². The van der Waals surface area contributed by atoms with Crippen LogP contribution in [-0.2, 0) is 35.3 Å². The van der Waals surface area contributed by atoms with Crippen LogP contribution in [0.2, 0.25) is 0 Å². The Morgan fingerprint density at radius 1 is 1.27 bits per heavy atom. The van der Waals surface area contributed by atoms with E-state index in [0.29, 0.717) is 23.1 Å². The van der Waals surface area contributed by atoms with E-state index in [2.05, 4.69) is 41.4 Å². The van der Waals surface area contributed by atoms with Crippen molar-refractivity contribution >= 4 is 28.2 Å². The minimum atomic E-state index is -0.320. The molecule has 2 unspecified atom stereocenters. The van der Waals surface area contributed by atoms with Gasteiger partial charge < -0.3 is 10.1 Å². The lowest BCUT2D eigenvalue weighted by Gasteiger charge is -2.32. The molecule has 0 saturated carbocycles. The van der Waals surface area contributed by atoms with Gasteiger partial charge in [-0.1, -0.05) is 31.2 Å². The number of thiophene rings is 1. The molecule has 1 amide bonds. The van der Waals surface area contributed by atoms with Gasteiger partial charge in [0.05, 0.1) is 18.2 Å². The fraction of sp³-hybridized carbons (Fsp3) is 0.500. The van der Waals surface area contributed by atoms with Crippen molar-refractivity contribution in [2.75, 3.05) is 18.5 Å². The van der Waals surface area contributed by atoms with Crippen molar-refractivity contribution in [2.45, 2.75) is 59.0 Å². The first-order valence-electron chi connectivity index (χ1n) is 10.9. The molecule has 160 valence electrons. The van der Waals surface area contributed by atoms with Crippen LogP contribution in [0.3, 0.4) is 0 Å². The smallest absolute Gasteiger partial charge is 0.341 e. The average molecular weight is 427 g/mol. The van der Waals surface area contributed by atoms with E-state index in [4.69, 9.17) is 4.74 Å². The highest BCUT2D eigenvalue weighted by Gasteiger charge is 2.31. The molecule has 0 radical (unpaired) electrons. The number of amides is 1. The van der Waals surface area contributed by atoms with Gasteiger partial charge >= 0.3 is 5.97 Å². The Labute approximate surface area is 182 Å². The van der Waals surface area contributed by atoms with Crippen molar-refractivity contribution in [1.29, 1.82) is 0 Å². The van der Waals surface area contributed by atoms with E-state index >= 15 is 0 Å². The fourth-order valence-electron chi connectivity index (χ4n) is 4.49. The number of benzene rings is 1. The highest BCUT2D eigenvalue weighted by atomic mass is 32.1. The number of rotatable bonds is 5. The number of nitrogens with one attached hydrogen (secondary N) is 1. The van der Waals surface area contributed by atoms with E-state index in [9.17, 15) is 9.59 Å². The summed E-state index contributed by atoms with van der Waals surface area (Å²) >= 11 is 1.55. The Morgan fingerprint density at radius 2 is 2.03 bits per heavy atom. The van der Waals surface area contributed by atoms with E-state index in [1.807, 2.05) is 13.8 Å². The third-order valence-corrected chi connectivity index (χ3v) is 7.49. The highest BCUT2D eigenvalue weighted by Crippen LogP contribution is 2.40. The quantitative estimate of drug-likeness (QED) is 0.719. The van der Waals surface area contributed by atoms with Crippen LogP contribution in [0.15, 0.2) is 24.3 Å². The summed E-state index contributed by atoms with van der Waals surface area (Å²) in [6.45, 7) is 7.96. The van der Waals surface area contributed by atoms with Gasteiger partial charge in [0.25, 0.3) is 0 Å². The number of carbonyl (C=O) groups excluding carboxylic acids is 2. The van der Waals surface area contributed by atoms with Crippen LogP contribution in [0.5, 0.6) is 0 Å². The molecular formula is C24H30N2O3S. The predicted octanol–water partition coefficient (Wildman–Crippen LogP) is 4.43. The Kier molecular flexibility index (Phi) is 6.25. The summed E-state index contributed by atoms with van der Waals surface area (Å²) in [4.78, 5) is 29.2. The first-order chi connectivity index (χ1) is 14.5. The van der Waals surface area contributed by atoms with E-state index in [1.165, 1.54) is 16.0 Å². The number of anilines is 1. The number of carbonyl (C=O) groups is 2. The van der Waals surface area contributed by atoms with E-state index < -0.39 is 0 Å². The summed E-state index contributed by atoms with van der Waals surface area (Å²) in [5.74, 6) is 0.216. The summed E-state index contributed by atoms with van der Waals surface area (Å²) in [5, 5.41) is 3.73. The van der Waals surface area contributed by atoms with E-state index in [1.54, 1.807) is 11.3 Å². The third-order valence-electron chi connectivity index (χ3n) is 6.32. The molecule has 1 aromatic heterocycles. The zero-order chi connectivity index (χ0) is 21.3. The van der Waals surface area contributed by atoms with Gasteiger partial charge in [-0.25, -0.2) is 4.79 Å². The first-order valence-corrected chi connectivity index (χ1v) is 11.7. The molecule has 2 atom stereocenters. The lowest BCUT2D eigenvalue weighted by Crippen LogP contribution is -2.44. The van der Waals surface area contributed by atoms with Crippen LogP contribution in [0.25, 0.3) is 0 Å². The molecule has 4 rings (SSSR count). The molecule has 0 fully saturated rings. The van der Waals surface area contributed by atoms with E-state index in [0.717, 1.165) is 44.3 Å². The molecule has 0 saturated heterocycles. The van der Waals surface area contributed by atoms with Crippen LogP contribution in [0, 0.1) is 5.92 Å². The number of fused-ring (bicyclic) bond motifs is 2. The minimum absolute atomic E-state index is 0.0634. The molecule has 1 aromatic carbocycles. The second-order valence-electron chi connectivity index (χ2n) is 8.43. The number of hydrogen-bond acceptors (Lipinski definition) is 5. The molecule has 0 bridgehead atoms. The Balaban J connectivity index is 1.53. The Bertz CT molecular complexity index is 952. The van der Waals surface area contributed by atoms with Gasteiger partial charge in [-0.2, -0.15) is 0 Å². The molecule has 6 heteroatoms. The summed E-state index contributed by atoms with van der Waals surface area (Å²) in [5.41, 5.74) is 4.31. The van der Waals surface area contributed by atoms with E-state index in [-0.39, 0.29) is 17.9 Å². The third kappa shape index (κ3) is 4.16. The number of hydrogen-bond donors (Lipinski definition) is 1. The van der Waals surface area contributed by atoms with Gasteiger partial charge in [-0.3, -0.25) is 9.69 Å². The molecule has 2 heterocycles. The van der Waals surface area contributed by atoms with Crippen molar-refractivity contribution in [3.05, 3.63) is 51.4 Å². The lowest BCUT2D eigenvalue weighted by atomic mass is 9.88. The molecule has 0 spiro atoms. The Hall–Kier alpha value is -2.18. The van der Waals surface area contributed by atoms with Crippen LogP contribution >= 0.6 is 11.3 Å². The maximum absolute atomic E-state index is 13.1. The molecule has 5 nitrogen and oxygen atoms in total. The normalized spacial score (nSPS) is 19.5. The molecule has 1 aliphatic heterocycles. The number of esters is 1. The molecule has 30 heavy (non-hydrogen) atoms. The summed E-state index contributed by atoms with van der Waals surface area (Å²) in [7, 11) is 0. The second-order valence-corrected chi connectivity index (χ2v) is 9.54. The van der Waals surface area contributed by atoms with Crippen molar-refractivity contribution in [2.24, 2.45) is 5.92 Å². The average Bonchev–Trinajstić information content (AvgIpc) is 3.09. The topological polar surface area (TPSA) is 58.6 Å². The lowest BCUT2D eigenvalue weighted by molar-refractivity contribution is -0.121. The zero-order valence-electron chi connectivity index (χ0n) is 18.0. The van der Waals surface area contributed by atoms with Crippen molar-refractivity contribution in [3.8, 4) is 0 Å².